The van der Waals surface area contributed by atoms with Gasteiger partial charge in [0.2, 0.25) is 10.0 Å². The lowest BCUT2D eigenvalue weighted by Crippen LogP contribution is -2.32. The summed E-state index contributed by atoms with van der Waals surface area (Å²) in [5.74, 6) is -0.504. The Hall–Kier alpha value is -2.39. The number of nitrogens with one attached hydrogen (secondary N) is 1. The van der Waals surface area contributed by atoms with Gasteiger partial charge in [-0.1, -0.05) is 26.0 Å². The van der Waals surface area contributed by atoms with Gasteiger partial charge < -0.3 is 5.32 Å². The maximum atomic E-state index is 12.8. The summed E-state index contributed by atoms with van der Waals surface area (Å²) in [4.78, 5) is 12.4. The van der Waals surface area contributed by atoms with Gasteiger partial charge in [-0.25, -0.2) is 8.42 Å². The first-order valence-corrected chi connectivity index (χ1v) is 11.1. The minimum atomic E-state index is -4.45. The van der Waals surface area contributed by atoms with Gasteiger partial charge in [0.15, 0.2) is 0 Å². The molecule has 0 saturated carbocycles. The summed E-state index contributed by atoms with van der Waals surface area (Å²) in [6, 6.07) is 10.2. The number of sulfonamides is 1. The second-order valence-corrected chi connectivity index (χ2v) is 8.75. The fourth-order valence-electron chi connectivity index (χ4n) is 2.92. The fourth-order valence-corrected chi connectivity index (χ4v) is 4.54. The molecule has 9 heteroatoms. The summed E-state index contributed by atoms with van der Waals surface area (Å²) in [6.07, 6.45) is -3.07. The Morgan fingerprint density at radius 2 is 1.60 bits per heavy atom. The van der Waals surface area contributed by atoms with Crippen LogP contribution < -0.4 is 5.32 Å². The van der Waals surface area contributed by atoms with Gasteiger partial charge in [-0.05, 0) is 54.8 Å². The van der Waals surface area contributed by atoms with Crippen molar-refractivity contribution in [3.05, 3.63) is 65.2 Å². The molecule has 2 aromatic rings. The van der Waals surface area contributed by atoms with E-state index in [-0.39, 0.29) is 17.0 Å². The Balaban J connectivity index is 2.08. The molecular formula is C21H25F3N2O3S. The number of amides is 1. The maximum absolute atomic E-state index is 12.8. The highest BCUT2D eigenvalue weighted by Crippen LogP contribution is 2.29. The zero-order valence-electron chi connectivity index (χ0n) is 16.9. The molecule has 0 radical (unpaired) electrons. The molecule has 2 aromatic carbocycles. The van der Waals surface area contributed by atoms with Crippen LogP contribution in [0.5, 0.6) is 0 Å². The van der Waals surface area contributed by atoms with E-state index >= 15 is 0 Å². The van der Waals surface area contributed by atoms with Crippen LogP contribution in [0.2, 0.25) is 0 Å². The van der Waals surface area contributed by atoms with Crippen LogP contribution >= 0.6 is 0 Å². The fraction of sp³-hybridized carbons (Fsp3) is 0.381. The van der Waals surface area contributed by atoms with Crippen LogP contribution in [0, 0.1) is 0 Å². The van der Waals surface area contributed by atoms with Gasteiger partial charge in [0.05, 0.1) is 10.5 Å². The van der Waals surface area contributed by atoms with Crippen molar-refractivity contribution in [2.75, 3.05) is 13.1 Å². The van der Waals surface area contributed by atoms with Crippen molar-refractivity contribution in [3.8, 4) is 0 Å². The van der Waals surface area contributed by atoms with Gasteiger partial charge >= 0.3 is 6.18 Å². The molecule has 1 amide bonds. The average molecular weight is 443 g/mol. The largest absolute Gasteiger partial charge is 0.416 e. The number of nitrogens with zero attached hydrogens (tertiary/aromatic N) is 1. The number of benzene rings is 2. The predicted octanol–water partition coefficient (Wildman–Crippen LogP) is 4.45. The zero-order chi connectivity index (χ0) is 22.4. The van der Waals surface area contributed by atoms with Gasteiger partial charge in [0.1, 0.15) is 0 Å². The summed E-state index contributed by atoms with van der Waals surface area (Å²) < 4.78 is 65.3. The van der Waals surface area contributed by atoms with Crippen molar-refractivity contribution in [2.24, 2.45) is 0 Å². The number of hydrogen-bond acceptors (Lipinski definition) is 3. The van der Waals surface area contributed by atoms with Crippen LogP contribution in [0.15, 0.2) is 53.4 Å². The maximum Gasteiger partial charge on any atom is 0.416 e. The molecule has 30 heavy (non-hydrogen) atoms. The van der Waals surface area contributed by atoms with Crippen LogP contribution in [-0.2, 0) is 22.7 Å². The van der Waals surface area contributed by atoms with E-state index in [0.717, 1.165) is 12.1 Å². The van der Waals surface area contributed by atoms with Crippen molar-refractivity contribution in [1.29, 1.82) is 0 Å². The molecule has 2 rings (SSSR count). The first kappa shape index (κ1) is 23.9. The molecule has 0 saturated heterocycles. The van der Waals surface area contributed by atoms with Gasteiger partial charge in [-0.15, -0.1) is 0 Å². The Morgan fingerprint density at radius 1 is 1.00 bits per heavy atom. The highest BCUT2D eigenvalue weighted by molar-refractivity contribution is 7.89. The standard InChI is InChI=1S/C21H25F3N2O3S/c1-3-12-26(13-4-2)30(28,29)19-10-8-17(9-11-19)20(27)25-15-16-6-5-7-18(14-16)21(22,23)24/h5-11,14H,3-4,12-13,15H2,1-2H3,(H,25,27). The molecular weight excluding hydrogens is 417 g/mol. The predicted molar refractivity (Wildman–Crippen MR) is 108 cm³/mol. The van der Waals surface area contributed by atoms with E-state index in [4.69, 9.17) is 0 Å². The van der Waals surface area contributed by atoms with Crippen molar-refractivity contribution in [2.45, 2.75) is 44.3 Å². The number of carbonyl (C=O) groups is 1. The van der Waals surface area contributed by atoms with Crippen LogP contribution in [0.3, 0.4) is 0 Å². The third-order valence-corrected chi connectivity index (χ3v) is 6.32. The minimum absolute atomic E-state index is 0.0798. The SMILES string of the molecule is CCCN(CCC)S(=O)(=O)c1ccc(C(=O)NCc2cccc(C(F)(F)F)c2)cc1. The number of carbonyl (C=O) groups excluding carboxylic acids is 1. The third-order valence-electron chi connectivity index (χ3n) is 4.41. The second-order valence-electron chi connectivity index (χ2n) is 6.81. The highest BCUT2D eigenvalue weighted by atomic mass is 32.2. The number of rotatable bonds is 9. The Kier molecular flexibility index (Phi) is 8.03. The number of halogens is 3. The summed E-state index contributed by atoms with van der Waals surface area (Å²) in [7, 11) is -3.65. The van der Waals surface area contributed by atoms with Crippen molar-refractivity contribution >= 4 is 15.9 Å². The summed E-state index contributed by atoms with van der Waals surface area (Å²) in [5, 5.41) is 2.55. The van der Waals surface area contributed by atoms with Crippen LogP contribution in [-0.4, -0.2) is 31.7 Å². The number of alkyl halides is 3. The third kappa shape index (κ3) is 6.06. The first-order valence-electron chi connectivity index (χ1n) is 9.64. The van der Waals surface area contributed by atoms with Crippen molar-refractivity contribution in [3.63, 3.8) is 0 Å². The van der Waals surface area contributed by atoms with Crippen molar-refractivity contribution < 1.29 is 26.4 Å². The molecule has 0 aliphatic rings. The average Bonchev–Trinajstić information content (AvgIpc) is 2.71. The van der Waals surface area contributed by atoms with E-state index in [0.29, 0.717) is 31.5 Å². The normalized spacial score (nSPS) is 12.2. The van der Waals surface area contributed by atoms with E-state index in [1.54, 1.807) is 0 Å². The molecule has 0 heterocycles. The first-order chi connectivity index (χ1) is 14.1. The second kappa shape index (κ2) is 10.1. The zero-order valence-corrected chi connectivity index (χ0v) is 17.7. The Labute approximate surface area is 175 Å². The van der Waals surface area contributed by atoms with E-state index in [9.17, 15) is 26.4 Å². The lowest BCUT2D eigenvalue weighted by molar-refractivity contribution is -0.137. The Morgan fingerprint density at radius 3 is 2.13 bits per heavy atom. The van der Waals surface area contributed by atoms with Crippen molar-refractivity contribution in [1.82, 2.24) is 9.62 Å². The molecule has 5 nitrogen and oxygen atoms in total. The molecule has 0 unspecified atom stereocenters. The van der Waals surface area contributed by atoms with Gasteiger partial charge in [0, 0.05) is 25.2 Å². The monoisotopic (exact) mass is 442 g/mol. The topological polar surface area (TPSA) is 66.5 Å². The minimum Gasteiger partial charge on any atom is -0.348 e. The smallest absolute Gasteiger partial charge is 0.348 e. The molecule has 0 aromatic heterocycles. The molecule has 164 valence electrons. The molecule has 0 fully saturated rings. The van der Waals surface area contributed by atoms with Gasteiger partial charge in [-0.3, -0.25) is 4.79 Å². The highest BCUT2D eigenvalue weighted by Gasteiger charge is 2.30. The lowest BCUT2D eigenvalue weighted by Gasteiger charge is -2.21. The van der Waals surface area contributed by atoms with E-state index in [1.165, 1.54) is 40.7 Å². The van der Waals surface area contributed by atoms with E-state index < -0.39 is 27.7 Å². The summed E-state index contributed by atoms with van der Waals surface area (Å²) in [6.45, 7) is 4.54. The Bertz CT molecular complexity index is 952. The van der Waals surface area contributed by atoms with E-state index in [2.05, 4.69) is 5.32 Å². The molecule has 0 spiro atoms. The van der Waals surface area contributed by atoms with Crippen LogP contribution in [0.25, 0.3) is 0 Å². The molecule has 0 atom stereocenters. The molecule has 0 aliphatic heterocycles. The molecule has 0 bridgehead atoms. The van der Waals surface area contributed by atoms with Crippen LogP contribution in [0.4, 0.5) is 13.2 Å². The van der Waals surface area contributed by atoms with E-state index in [1.807, 2.05) is 13.8 Å². The van der Waals surface area contributed by atoms with Gasteiger partial charge in [0.25, 0.3) is 5.91 Å². The number of hydrogen-bond donors (Lipinski definition) is 1. The summed E-state index contributed by atoms with van der Waals surface area (Å²) >= 11 is 0. The molecule has 0 aliphatic carbocycles. The quantitative estimate of drug-likeness (QED) is 0.624. The molecule has 1 N–H and O–H groups in total. The lowest BCUT2D eigenvalue weighted by atomic mass is 10.1. The van der Waals surface area contributed by atoms with Crippen LogP contribution in [0.1, 0.15) is 48.2 Å². The van der Waals surface area contributed by atoms with Gasteiger partial charge in [-0.2, -0.15) is 17.5 Å². The summed E-state index contributed by atoms with van der Waals surface area (Å²) in [5.41, 5.74) is -0.252.